The molecule has 1 saturated heterocycles. The predicted molar refractivity (Wildman–Crippen MR) is 102 cm³/mol. The zero-order valence-corrected chi connectivity index (χ0v) is 16.1. The number of likely N-dealkylation sites (tertiary alicyclic amines) is 1. The molecule has 0 bridgehead atoms. The maximum absolute atomic E-state index is 12.6. The minimum atomic E-state index is -1.26. The van der Waals surface area contributed by atoms with E-state index in [4.69, 9.17) is 16.7 Å². The summed E-state index contributed by atoms with van der Waals surface area (Å²) in [6.07, 6.45) is 0. The monoisotopic (exact) mass is 449 g/mol. The van der Waals surface area contributed by atoms with Crippen LogP contribution < -0.4 is 0 Å². The molecule has 27 heavy (non-hydrogen) atoms. The number of hydrogen-bond acceptors (Lipinski definition) is 4. The summed E-state index contributed by atoms with van der Waals surface area (Å²) in [6, 6.07) is 11.8. The van der Waals surface area contributed by atoms with Gasteiger partial charge in [-0.2, -0.15) is 0 Å². The number of carbonyl (C=O) groups is 3. The smallest absolute Gasteiger partial charge is 0.323 e. The van der Waals surface area contributed by atoms with Crippen LogP contribution in [-0.2, 0) is 14.4 Å². The summed E-state index contributed by atoms with van der Waals surface area (Å²) in [5, 5.41) is 20.3. The van der Waals surface area contributed by atoms with Crippen molar-refractivity contribution in [1.29, 1.82) is 0 Å². The van der Waals surface area contributed by atoms with Crippen molar-refractivity contribution < 1.29 is 24.6 Å². The number of carboxylic acids is 1. The standard InChI is InChI=1S/C19H13BrClNO5/c20-12-5-1-10(2-6-12)16-15(17(25)11-3-7-13(21)8-4-11)18(26)19(27)22(16)9-14(23)24/h1-8,16,25H,9H2,(H,23,24)/b17-15-. The van der Waals surface area contributed by atoms with E-state index in [0.717, 1.165) is 9.37 Å². The fourth-order valence-electron chi connectivity index (χ4n) is 2.94. The molecule has 1 aliphatic heterocycles. The van der Waals surface area contributed by atoms with Crippen molar-refractivity contribution in [2.24, 2.45) is 0 Å². The Morgan fingerprint density at radius 2 is 1.63 bits per heavy atom. The van der Waals surface area contributed by atoms with Crippen molar-refractivity contribution in [1.82, 2.24) is 4.90 Å². The van der Waals surface area contributed by atoms with Crippen LogP contribution >= 0.6 is 27.5 Å². The molecule has 0 spiro atoms. The van der Waals surface area contributed by atoms with E-state index < -0.39 is 30.2 Å². The van der Waals surface area contributed by atoms with Crippen LogP contribution in [0.2, 0.25) is 5.02 Å². The maximum atomic E-state index is 12.6. The SMILES string of the molecule is O=C(O)CN1C(=O)C(=O)/C(=C(\O)c2ccc(Cl)cc2)C1c1ccc(Br)cc1. The lowest BCUT2D eigenvalue weighted by Crippen LogP contribution is -2.34. The van der Waals surface area contributed by atoms with E-state index in [9.17, 15) is 19.5 Å². The first-order chi connectivity index (χ1) is 12.8. The van der Waals surface area contributed by atoms with Crippen molar-refractivity contribution >= 4 is 50.9 Å². The Hall–Kier alpha value is -2.64. The van der Waals surface area contributed by atoms with Gasteiger partial charge in [0.25, 0.3) is 11.7 Å². The molecular weight excluding hydrogens is 438 g/mol. The summed E-state index contributed by atoms with van der Waals surface area (Å²) >= 11 is 9.16. The minimum absolute atomic E-state index is 0.161. The van der Waals surface area contributed by atoms with Crippen LogP contribution in [0.1, 0.15) is 17.2 Å². The number of hydrogen-bond donors (Lipinski definition) is 2. The van der Waals surface area contributed by atoms with E-state index in [1.165, 1.54) is 12.1 Å². The van der Waals surface area contributed by atoms with Crippen molar-refractivity contribution in [2.45, 2.75) is 6.04 Å². The summed E-state index contributed by atoms with van der Waals surface area (Å²) < 4.78 is 0.777. The van der Waals surface area contributed by atoms with Crippen LogP contribution in [0.15, 0.2) is 58.6 Å². The van der Waals surface area contributed by atoms with Gasteiger partial charge in [0.2, 0.25) is 0 Å². The third-order valence-corrected chi connectivity index (χ3v) is 4.93. The van der Waals surface area contributed by atoms with Gasteiger partial charge < -0.3 is 15.1 Å². The number of amides is 1. The summed E-state index contributed by atoms with van der Waals surface area (Å²) in [6.45, 7) is -0.664. The number of aliphatic hydroxyl groups excluding tert-OH is 1. The van der Waals surface area contributed by atoms with Crippen LogP contribution in [0, 0.1) is 0 Å². The molecule has 2 aromatic carbocycles. The first-order valence-corrected chi connectivity index (χ1v) is 8.98. The molecule has 1 amide bonds. The van der Waals surface area contributed by atoms with Gasteiger partial charge in [0, 0.05) is 15.1 Å². The highest BCUT2D eigenvalue weighted by molar-refractivity contribution is 9.10. The van der Waals surface area contributed by atoms with Crippen molar-refractivity contribution in [3.63, 3.8) is 0 Å². The number of rotatable bonds is 4. The normalized spacial score (nSPS) is 18.7. The molecule has 2 N–H and O–H groups in total. The second kappa shape index (κ2) is 7.54. The number of carboxylic acid groups (broad SMARTS) is 1. The summed E-state index contributed by atoms with van der Waals surface area (Å²) in [7, 11) is 0. The molecule has 1 heterocycles. The number of aliphatic carboxylic acids is 1. The van der Waals surface area contributed by atoms with Crippen LogP contribution in [0.3, 0.4) is 0 Å². The quantitative estimate of drug-likeness (QED) is 0.421. The van der Waals surface area contributed by atoms with Gasteiger partial charge in [0.05, 0.1) is 11.6 Å². The predicted octanol–water partition coefficient (Wildman–Crippen LogP) is 3.61. The van der Waals surface area contributed by atoms with Gasteiger partial charge in [-0.05, 0) is 42.0 Å². The Kier molecular flexibility index (Phi) is 5.34. The molecule has 8 heteroatoms. The third kappa shape index (κ3) is 3.74. The molecule has 1 unspecified atom stereocenters. The van der Waals surface area contributed by atoms with Crippen LogP contribution in [0.5, 0.6) is 0 Å². The summed E-state index contributed by atoms with van der Waals surface area (Å²) in [4.78, 5) is 37.2. The lowest BCUT2D eigenvalue weighted by molar-refractivity contribution is -0.146. The Morgan fingerprint density at radius 3 is 2.19 bits per heavy atom. The van der Waals surface area contributed by atoms with Gasteiger partial charge in [-0.15, -0.1) is 0 Å². The van der Waals surface area contributed by atoms with Gasteiger partial charge >= 0.3 is 5.97 Å². The second-order valence-corrected chi connectivity index (χ2v) is 7.23. The Bertz CT molecular complexity index is 953. The van der Waals surface area contributed by atoms with Gasteiger partial charge in [-0.25, -0.2) is 0 Å². The third-order valence-electron chi connectivity index (χ3n) is 4.15. The molecule has 1 fully saturated rings. The molecule has 1 atom stereocenters. The average Bonchev–Trinajstić information content (AvgIpc) is 2.87. The molecule has 0 aromatic heterocycles. The second-order valence-electron chi connectivity index (χ2n) is 5.88. The van der Waals surface area contributed by atoms with Gasteiger partial charge in [0.1, 0.15) is 12.3 Å². The lowest BCUT2D eigenvalue weighted by Gasteiger charge is -2.23. The summed E-state index contributed by atoms with van der Waals surface area (Å²) in [5.74, 6) is -3.55. The minimum Gasteiger partial charge on any atom is -0.507 e. The highest BCUT2D eigenvalue weighted by Gasteiger charge is 2.46. The van der Waals surface area contributed by atoms with Crippen LogP contribution in [0.4, 0.5) is 0 Å². The zero-order valence-electron chi connectivity index (χ0n) is 13.7. The molecule has 0 saturated carbocycles. The molecule has 6 nitrogen and oxygen atoms in total. The van der Waals surface area contributed by atoms with Crippen molar-refractivity contribution in [3.05, 3.63) is 74.7 Å². The van der Waals surface area contributed by atoms with E-state index in [0.29, 0.717) is 16.1 Å². The average molecular weight is 451 g/mol. The Labute approximate surface area is 167 Å². The number of benzene rings is 2. The number of Topliss-reactive ketones (excluding diaryl/α,β-unsaturated/α-hetero) is 1. The van der Waals surface area contributed by atoms with Crippen LogP contribution in [0.25, 0.3) is 5.76 Å². The molecule has 0 radical (unpaired) electrons. The Morgan fingerprint density at radius 1 is 1.04 bits per heavy atom. The number of ketones is 1. The largest absolute Gasteiger partial charge is 0.507 e. The van der Waals surface area contributed by atoms with E-state index in [1.807, 2.05) is 0 Å². The highest BCUT2D eigenvalue weighted by Crippen LogP contribution is 2.39. The number of carbonyl (C=O) groups excluding carboxylic acids is 2. The number of aliphatic hydroxyl groups is 1. The molecule has 0 aliphatic carbocycles. The van der Waals surface area contributed by atoms with Crippen molar-refractivity contribution in [3.8, 4) is 0 Å². The maximum Gasteiger partial charge on any atom is 0.323 e. The number of nitrogens with zero attached hydrogens (tertiary/aromatic N) is 1. The fraction of sp³-hybridized carbons (Fsp3) is 0.105. The van der Waals surface area contributed by atoms with Gasteiger partial charge in [0.15, 0.2) is 0 Å². The van der Waals surface area contributed by atoms with E-state index >= 15 is 0 Å². The molecule has 138 valence electrons. The van der Waals surface area contributed by atoms with Crippen molar-refractivity contribution in [2.75, 3.05) is 6.54 Å². The Balaban J connectivity index is 2.19. The van der Waals surface area contributed by atoms with Gasteiger partial charge in [-0.1, -0.05) is 39.7 Å². The highest BCUT2D eigenvalue weighted by atomic mass is 79.9. The first-order valence-electron chi connectivity index (χ1n) is 7.81. The number of halogens is 2. The molecule has 2 aromatic rings. The van der Waals surface area contributed by atoms with E-state index in [-0.39, 0.29) is 11.3 Å². The fourth-order valence-corrected chi connectivity index (χ4v) is 3.33. The molecule has 1 aliphatic rings. The van der Waals surface area contributed by atoms with Gasteiger partial charge in [-0.3, -0.25) is 14.4 Å². The lowest BCUT2D eigenvalue weighted by atomic mass is 9.95. The summed E-state index contributed by atoms with van der Waals surface area (Å²) in [5.41, 5.74) is 0.648. The first kappa shape index (κ1) is 19.1. The topological polar surface area (TPSA) is 94.9 Å². The molecule has 3 rings (SSSR count). The molecular formula is C19H13BrClNO5. The van der Waals surface area contributed by atoms with Crippen LogP contribution in [-0.4, -0.2) is 39.3 Å². The zero-order chi connectivity index (χ0) is 19.7. The van der Waals surface area contributed by atoms with E-state index in [1.54, 1.807) is 36.4 Å². The van der Waals surface area contributed by atoms with E-state index in [2.05, 4.69) is 15.9 Å².